The predicted octanol–water partition coefficient (Wildman–Crippen LogP) is 2.71. The third kappa shape index (κ3) is 3.76. The number of hydrogen-bond donors (Lipinski definition) is 2. The first-order chi connectivity index (χ1) is 9.47. The number of benzene rings is 1. The van der Waals surface area contributed by atoms with E-state index < -0.39 is 6.10 Å². The zero-order valence-electron chi connectivity index (χ0n) is 11.0. The van der Waals surface area contributed by atoms with Gasteiger partial charge < -0.3 is 20.5 Å². The minimum Gasteiger partial charge on any atom is -0.397 e. The quantitative estimate of drug-likeness (QED) is 0.837. The number of nitrogen functional groups attached to an aromatic ring is 1. The van der Waals surface area contributed by atoms with Crippen molar-refractivity contribution in [2.45, 2.75) is 25.6 Å². The summed E-state index contributed by atoms with van der Waals surface area (Å²) in [7, 11) is 0. The maximum atomic E-state index is 12.1. The SMILES string of the molecule is CC(OC1CCOC1)C(=O)Nc1c(N)cc(Cl)cc1Cl. The average molecular weight is 319 g/mol. The number of hydrogen-bond acceptors (Lipinski definition) is 4. The van der Waals surface area contributed by atoms with Gasteiger partial charge in [-0.15, -0.1) is 0 Å². The van der Waals surface area contributed by atoms with E-state index in [1.807, 2.05) is 0 Å². The highest BCUT2D eigenvalue weighted by molar-refractivity contribution is 6.37. The lowest BCUT2D eigenvalue weighted by Gasteiger charge is -2.18. The van der Waals surface area contributed by atoms with Gasteiger partial charge in [0.2, 0.25) is 0 Å². The number of nitrogens with two attached hydrogens (primary N) is 1. The van der Waals surface area contributed by atoms with Crippen LogP contribution >= 0.6 is 23.2 Å². The maximum absolute atomic E-state index is 12.1. The van der Waals surface area contributed by atoms with Crippen LogP contribution in [0.1, 0.15) is 13.3 Å². The zero-order valence-corrected chi connectivity index (χ0v) is 12.5. The molecule has 7 heteroatoms. The molecule has 1 aromatic rings. The first-order valence-electron chi connectivity index (χ1n) is 6.26. The summed E-state index contributed by atoms with van der Waals surface area (Å²) < 4.78 is 10.8. The van der Waals surface area contributed by atoms with Gasteiger partial charge in [-0.25, -0.2) is 0 Å². The predicted molar refractivity (Wildman–Crippen MR) is 79.3 cm³/mol. The van der Waals surface area contributed by atoms with E-state index in [4.69, 9.17) is 38.4 Å². The normalized spacial score (nSPS) is 19.9. The Morgan fingerprint density at radius 2 is 2.30 bits per heavy atom. The second-order valence-electron chi connectivity index (χ2n) is 4.60. The lowest BCUT2D eigenvalue weighted by Crippen LogP contribution is -2.32. The highest BCUT2D eigenvalue weighted by Gasteiger charge is 2.23. The van der Waals surface area contributed by atoms with Crippen molar-refractivity contribution >= 4 is 40.5 Å². The molecule has 5 nitrogen and oxygen atoms in total. The highest BCUT2D eigenvalue weighted by Crippen LogP contribution is 2.32. The molecule has 0 aromatic heterocycles. The summed E-state index contributed by atoms with van der Waals surface area (Å²) in [6, 6.07) is 3.05. The van der Waals surface area contributed by atoms with E-state index in [0.717, 1.165) is 6.42 Å². The second-order valence-corrected chi connectivity index (χ2v) is 5.45. The minimum absolute atomic E-state index is 0.0474. The van der Waals surface area contributed by atoms with Crippen molar-refractivity contribution in [1.82, 2.24) is 0 Å². The fourth-order valence-corrected chi connectivity index (χ4v) is 2.48. The standard InChI is InChI=1S/C13H16Cl2N2O3/c1-7(20-9-2-3-19-6-9)13(18)17-12-10(15)4-8(14)5-11(12)16/h4-5,7,9H,2-3,6,16H2,1H3,(H,17,18). The van der Waals surface area contributed by atoms with Crippen LogP contribution in [0.4, 0.5) is 11.4 Å². The fourth-order valence-electron chi connectivity index (χ4n) is 1.92. The molecule has 0 saturated carbocycles. The van der Waals surface area contributed by atoms with Crippen LogP contribution < -0.4 is 11.1 Å². The molecule has 110 valence electrons. The Morgan fingerprint density at radius 3 is 2.90 bits per heavy atom. The van der Waals surface area contributed by atoms with Crippen LogP contribution in [0.2, 0.25) is 10.0 Å². The van der Waals surface area contributed by atoms with Crippen LogP contribution in [0.5, 0.6) is 0 Å². The van der Waals surface area contributed by atoms with Gasteiger partial charge in [-0.2, -0.15) is 0 Å². The molecule has 3 N–H and O–H groups in total. The van der Waals surface area contributed by atoms with Gasteiger partial charge in [0.15, 0.2) is 0 Å². The van der Waals surface area contributed by atoms with E-state index in [0.29, 0.717) is 34.6 Å². The van der Waals surface area contributed by atoms with Gasteiger partial charge in [0.1, 0.15) is 6.10 Å². The van der Waals surface area contributed by atoms with Gasteiger partial charge in [0, 0.05) is 11.6 Å². The average Bonchev–Trinajstić information content (AvgIpc) is 2.86. The summed E-state index contributed by atoms with van der Waals surface area (Å²) in [6.45, 7) is 2.85. The summed E-state index contributed by atoms with van der Waals surface area (Å²) in [4.78, 5) is 12.1. The molecule has 1 amide bonds. The van der Waals surface area contributed by atoms with Gasteiger partial charge in [-0.05, 0) is 25.5 Å². The van der Waals surface area contributed by atoms with Crippen molar-refractivity contribution < 1.29 is 14.3 Å². The smallest absolute Gasteiger partial charge is 0.253 e. The van der Waals surface area contributed by atoms with Crippen LogP contribution in [-0.4, -0.2) is 31.3 Å². The maximum Gasteiger partial charge on any atom is 0.253 e. The second kappa shape index (κ2) is 6.63. The summed E-state index contributed by atoms with van der Waals surface area (Å²) in [5.74, 6) is -0.312. The van der Waals surface area contributed by atoms with Crippen molar-refractivity contribution in [2.75, 3.05) is 24.3 Å². The zero-order chi connectivity index (χ0) is 14.7. The van der Waals surface area contributed by atoms with E-state index in [-0.39, 0.29) is 12.0 Å². The molecule has 2 atom stereocenters. The van der Waals surface area contributed by atoms with Gasteiger partial charge in [-0.3, -0.25) is 4.79 Å². The Kier molecular flexibility index (Phi) is 5.10. The van der Waals surface area contributed by atoms with Crippen molar-refractivity contribution in [3.8, 4) is 0 Å². The summed E-state index contributed by atoms with van der Waals surface area (Å²) in [5.41, 5.74) is 6.45. The molecule has 0 aliphatic carbocycles. The topological polar surface area (TPSA) is 73.6 Å². The monoisotopic (exact) mass is 318 g/mol. The fraction of sp³-hybridized carbons (Fsp3) is 0.462. The molecule has 0 bridgehead atoms. The van der Waals surface area contributed by atoms with Gasteiger partial charge in [0.05, 0.1) is 29.1 Å². The number of anilines is 2. The van der Waals surface area contributed by atoms with Crippen LogP contribution in [0.3, 0.4) is 0 Å². The third-order valence-electron chi connectivity index (χ3n) is 2.99. The summed E-state index contributed by atoms with van der Waals surface area (Å²) in [5, 5.41) is 3.37. The Balaban J connectivity index is 2.00. The minimum atomic E-state index is -0.618. The van der Waals surface area contributed by atoms with Gasteiger partial charge >= 0.3 is 0 Å². The molecule has 1 saturated heterocycles. The molecule has 1 aromatic carbocycles. The molecule has 0 spiro atoms. The van der Waals surface area contributed by atoms with Crippen LogP contribution in [0, 0.1) is 0 Å². The molecule has 2 unspecified atom stereocenters. The molecule has 0 radical (unpaired) electrons. The molecule has 20 heavy (non-hydrogen) atoms. The van der Waals surface area contributed by atoms with Crippen molar-refractivity contribution in [3.05, 3.63) is 22.2 Å². The van der Waals surface area contributed by atoms with Crippen LogP contribution in [0.15, 0.2) is 12.1 Å². The molecular formula is C13H16Cl2N2O3. The number of halogens is 2. The van der Waals surface area contributed by atoms with Gasteiger partial charge in [0.25, 0.3) is 5.91 Å². The lowest BCUT2D eigenvalue weighted by atomic mass is 10.2. The molecular weight excluding hydrogens is 303 g/mol. The number of ether oxygens (including phenoxy) is 2. The van der Waals surface area contributed by atoms with E-state index >= 15 is 0 Å². The summed E-state index contributed by atoms with van der Waals surface area (Å²) in [6.07, 6.45) is 0.128. The van der Waals surface area contributed by atoms with Crippen LogP contribution in [0.25, 0.3) is 0 Å². The van der Waals surface area contributed by atoms with Crippen molar-refractivity contribution in [3.63, 3.8) is 0 Å². The molecule has 1 heterocycles. The number of carbonyl (C=O) groups excluding carboxylic acids is 1. The first-order valence-corrected chi connectivity index (χ1v) is 7.01. The summed E-state index contributed by atoms with van der Waals surface area (Å²) >= 11 is 11.8. The van der Waals surface area contributed by atoms with E-state index in [9.17, 15) is 4.79 Å². The van der Waals surface area contributed by atoms with E-state index in [1.165, 1.54) is 12.1 Å². The van der Waals surface area contributed by atoms with Crippen LogP contribution in [-0.2, 0) is 14.3 Å². The Labute approximate surface area is 127 Å². The Bertz CT molecular complexity index is 481. The van der Waals surface area contributed by atoms with E-state index in [1.54, 1.807) is 6.92 Å². The number of amides is 1. The van der Waals surface area contributed by atoms with Crippen molar-refractivity contribution in [2.24, 2.45) is 0 Å². The number of nitrogens with one attached hydrogen (secondary N) is 1. The van der Waals surface area contributed by atoms with E-state index in [2.05, 4.69) is 5.32 Å². The Morgan fingerprint density at radius 1 is 1.55 bits per heavy atom. The number of rotatable bonds is 4. The Hall–Kier alpha value is -1.01. The third-order valence-corrected chi connectivity index (χ3v) is 3.50. The largest absolute Gasteiger partial charge is 0.397 e. The lowest BCUT2D eigenvalue weighted by molar-refractivity contribution is -0.129. The number of carbonyl (C=O) groups is 1. The van der Waals surface area contributed by atoms with Crippen molar-refractivity contribution in [1.29, 1.82) is 0 Å². The molecule has 1 aliphatic heterocycles. The molecule has 1 aliphatic rings. The van der Waals surface area contributed by atoms with Gasteiger partial charge in [-0.1, -0.05) is 23.2 Å². The molecule has 2 rings (SSSR count). The highest BCUT2D eigenvalue weighted by atomic mass is 35.5. The first kappa shape index (κ1) is 15.4. The molecule has 1 fully saturated rings.